The normalized spacial score (nSPS) is 17.9. The van der Waals surface area contributed by atoms with Crippen LogP contribution in [0, 0.1) is 6.92 Å². The number of aromatic nitrogens is 2. The van der Waals surface area contributed by atoms with E-state index in [9.17, 15) is 9.90 Å². The summed E-state index contributed by atoms with van der Waals surface area (Å²) in [4.78, 5) is 16.2. The maximum atomic E-state index is 11.9. The first-order valence-electron chi connectivity index (χ1n) is 7.36. The number of benzene rings is 1. The smallest absolute Gasteiger partial charge is 0.334 e. The molecule has 2 N–H and O–H groups in total. The second kappa shape index (κ2) is 6.13. The van der Waals surface area contributed by atoms with Crippen molar-refractivity contribution in [2.24, 2.45) is 0 Å². The first-order valence-corrected chi connectivity index (χ1v) is 7.74. The van der Waals surface area contributed by atoms with E-state index in [1.54, 1.807) is 32.0 Å². The third-order valence-electron chi connectivity index (χ3n) is 3.93. The van der Waals surface area contributed by atoms with Gasteiger partial charge in [-0.2, -0.15) is 4.98 Å². The minimum absolute atomic E-state index is 0.230. The largest absolute Gasteiger partial charge is 0.478 e. The highest BCUT2D eigenvalue weighted by Gasteiger charge is 2.36. The van der Waals surface area contributed by atoms with Gasteiger partial charge in [-0.15, -0.1) is 0 Å². The third kappa shape index (κ3) is 2.80. The van der Waals surface area contributed by atoms with Crippen LogP contribution in [-0.2, 0) is 4.79 Å². The lowest BCUT2D eigenvalue weighted by Crippen LogP contribution is -2.27. The van der Waals surface area contributed by atoms with E-state index in [0.29, 0.717) is 28.0 Å². The highest BCUT2D eigenvalue weighted by molar-refractivity contribution is 6.30. The molecule has 0 saturated heterocycles. The first kappa shape index (κ1) is 16.3. The van der Waals surface area contributed by atoms with Gasteiger partial charge >= 0.3 is 5.97 Å². The zero-order chi connectivity index (χ0) is 17.4. The average molecular weight is 346 g/mol. The summed E-state index contributed by atoms with van der Waals surface area (Å²) in [7, 11) is 0. The maximum absolute atomic E-state index is 11.9. The number of halogens is 1. The minimum Gasteiger partial charge on any atom is -0.478 e. The predicted molar refractivity (Wildman–Crippen MR) is 89.3 cm³/mol. The third-order valence-corrected chi connectivity index (χ3v) is 4.17. The van der Waals surface area contributed by atoms with Gasteiger partial charge in [0.25, 0.3) is 5.89 Å². The van der Waals surface area contributed by atoms with E-state index in [-0.39, 0.29) is 5.57 Å². The molecule has 2 aromatic rings. The van der Waals surface area contributed by atoms with Crippen molar-refractivity contribution in [1.29, 1.82) is 0 Å². The molecule has 1 aromatic heterocycles. The van der Waals surface area contributed by atoms with Crippen molar-refractivity contribution in [2.45, 2.75) is 26.7 Å². The molecule has 6 nitrogen and oxygen atoms in total. The lowest BCUT2D eigenvalue weighted by atomic mass is 9.80. The van der Waals surface area contributed by atoms with Crippen LogP contribution in [0.25, 0.3) is 5.57 Å². The molecule has 1 atom stereocenters. The maximum Gasteiger partial charge on any atom is 0.334 e. The number of hydrogen-bond acceptors (Lipinski definition) is 5. The van der Waals surface area contributed by atoms with E-state index in [1.807, 2.05) is 13.0 Å². The summed E-state index contributed by atoms with van der Waals surface area (Å²) in [5, 5.41) is 17.2. The number of nitrogens with one attached hydrogen (secondary N) is 1. The summed E-state index contributed by atoms with van der Waals surface area (Å²) in [6.07, 6.45) is 0. The Morgan fingerprint density at radius 3 is 2.62 bits per heavy atom. The van der Waals surface area contributed by atoms with Gasteiger partial charge in [0.05, 0.1) is 11.5 Å². The lowest BCUT2D eigenvalue weighted by molar-refractivity contribution is -0.132. The van der Waals surface area contributed by atoms with Crippen LogP contribution in [-0.4, -0.2) is 21.2 Å². The van der Waals surface area contributed by atoms with Crippen molar-refractivity contribution < 1.29 is 14.4 Å². The molecule has 0 spiro atoms. The van der Waals surface area contributed by atoms with E-state index >= 15 is 0 Å². The number of rotatable bonds is 3. The van der Waals surface area contributed by atoms with Gasteiger partial charge in [-0.3, -0.25) is 0 Å². The average Bonchev–Trinajstić information content (AvgIpc) is 2.92. The lowest BCUT2D eigenvalue weighted by Gasteiger charge is -2.29. The number of carboxylic acid groups (broad SMARTS) is 1. The van der Waals surface area contributed by atoms with Gasteiger partial charge in [-0.05, 0) is 38.5 Å². The van der Waals surface area contributed by atoms with Gasteiger partial charge in [0.1, 0.15) is 0 Å². The zero-order valence-corrected chi connectivity index (χ0v) is 14.2. The number of carboxylic acids is 1. The van der Waals surface area contributed by atoms with Crippen molar-refractivity contribution >= 4 is 23.1 Å². The predicted octanol–water partition coefficient (Wildman–Crippen LogP) is 3.51. The highest BCUT2D eigenvalue weighted by Crippen LogP contribution is 2.43. The Labute approximate surface area is 143 Å². The molecule has 24 heavy (non-hydrogen) atoms. The molecule has 0 radical (unpaired) electrons. The zero-order valence-electron chi connectivity index (χ0n) is 13.4. The number of aliphatic carboxylic acids is 1. The van der Waals surface area contributed by atoms with Gasteiger partial charge in [0, 0.05) is 22.0 Å². The van der Waals surface area contributed by atoms with E-state index in [4.69, 9.17) is 16.1 Å². The molecule has 124 valence electrons. The van der Waals surface area contributed by atoms with E-state index in [2.05, 4.69) is 15.5 Å². The molecule has 1 aliphatic heterocycles. The summed E-state index contributed by atoms with van der Waals surface area (Å²) in [5.41, 5.74) is 2.97. The first-order chi connectivity index (χ1) is 11.4. The summed E-state index contributed by atoms with van der Waals surface area (Å²) in [6, 6.07) is 7.13. The molecule has 0 aliphatic carbocycles. The molecule has 3 rings (SSSR count). The SMILES string of the molecule is CC1=C(C(=O)O)C(c2cccc(Cl)c2)C(c2nc(C)no2)=C(C)N1. The number of hydrogen-bond donors (Lipinski definition) is 2. The van der Waals surface area contributed by atoms with Crippen LogP contribution in [0.3, 0.4) is 0 Å². The van der Waals surface area contributed by atoms with Crippen LogP contribution < -0.4 is 5.32 Å². The molecule has 0 fully saturated rings. The molecule has 1 aliphatic rings. The Kier molecular flexibility index (Phi) is 4.15. The van der Waals surface area contributed by atoms with Gasteiger partial charge < -0.3 is 14.9 Å². The van der Waals surface area contributed by atoms with Crippen LogP contribution in [0.4, 0.5) is 0 Å². The number of nitrogens with zero attached hydrogens (tertiary/aromatic N) is 2. The second-order valence-corrected chi connectivity index (χ2v) is 6.08. The Morgan fingerprint density at radius 2 is 2.04 bits per heavy atom. The molecule has 7 heteroatoms. The van der Waals surface area contributed by atoms with E-state index in [1.165, 1.54) is 0 Å². The van der Waals surface area contributed by atoms with Crippen molar-refractivity contribution in [2.75, 3.05) is 0 Å². The van der Waals surface area contributed by atoms with Crippen molar-refractivity contribution in [3.63, 3.8) is 0 Å². The summed E-state index contributed by atoms with van der Waals surface area (Å²) >= 11 is 6.12. The highest BCUT2D eigenvalue weighted by atomic mass is 35.5. The number of allylic oxidation sites excluding steroid dienone is 3. The molecule has 1 unspecified atom stereocenters. The quantitative estimate of drug-likeness (QED) is 0.885. The molecular formula is C17H16ClN3O3. The number of carbonyl (C=O) groups is 1. The van der Waals surface area contributed by atoms with Crippen molar-refractivity contribution in [3.8, 4) is 0 Å². The fourth-order valence-electron chi connectivity index (χ4n) is 2.99. The topological polar surface area (TPSA) is 88.2 Å². The van der Waals surface area contributed by atoms with Crippen molar-refractivity contribution in [1.82, 2.24) is 15.5 Å². The van der Waals surface area contributed by atoms with Gasteiger partial charge in [-0.25, -0.2) is 4.79 Å². The summed E-state index contributed by atoms with van der Waals surface area (Å²) in [5.74, 6) is -0.777. The van der Waals surface area contributed by atoms with E-state index in [0.717, 1.165) is 11.3 Å². The molecule has 1 aromatic carbocycles. The number of dihydropyridines is 1. The van der Waals surface area contributed by atoms with E-state index < -0.39 is 11.9 Å². The monoisotopic (exact) mass is 345 g/mol. The molecule has 0 saturated carbocycles. The fourth-order valence-corrected chi connectivity index (χ4v) is 3.19. The van der Waals surface area contributed by atoms with Crippen LogP contribution in [0.2, 0.25) is 5.02 Å². The Balaban J connectivity index is 2.25. The van der Waals surface area contributed by atoms with Crippen LogP contribution in [0.1, 0.15) is 37.0 Å². The Morgan fingerprint density at radius 1 is 1.29 bits per heavy atom. The molecular weight excluding hydrogens is 330 g/mol. The minimum atomic E-state index is -1.01. The Bertz CT molecular complexity index is 883. The van der Waals surface area contributed by atoms with Crippen LogP contribution in [0.15, 0.2) is 45.8 Å². The van der Waals surface area contributed by atoms with Gasteiger partial charge in [0.15, 0.2) is 5.82 Å². The molecule has 2 heterocycles. The van der Waals surface area contributed by atoms with Crippen molar-refractivity contribution in [3.05, 3.63) is 63.5 Å². The van der Waals surface area contributed by atoms with Crippen LogP contribution >= 0.6 is 11.6 Å². The van der Waals surface area contributed by atoms with Gasteiger partial charge in [0.2, 0.25) is 0 Å². The summed E-state index contributed by atoms with van der Waals surface area (Å²) in [6.45, 7) is 5.31. The molecule has 0 bridgehead atoms. The number of aryl methyl sites for hydroxylation is 1. The standard InChI is InChI=1S/C17H16ClN3O3/c1-8-13(16-20-10(3)21-24-16)15(11-5-4-6-12(18)7-11)14(17(22)23)9(2)19-8/h4-7,15,19H,1-3H3,(H,22,23). The van der Waals surface area contributed by atoms with Crippen LogP contribution in [0.5, 0.6) is 0 Å². The second-order valence-electron chi connectivity index (χ2n) is 5.64. The molecule has 0 amide bonds. The van der Waals surface area contributed by atoms with Gasteiger partial charge in [-0.1, -0.05) is 28.9 Å². The summed E-state index contributed by atoms with van der Waals surface area (Å²) < 4.78 is 5.31. The fraction of sp³-hybridized carbons (Fsp3) is 0.235. The Hall–Kier alpha value is -2.60.